The summed E-state index contributed by atoms with van der Waals surface area (Å²) in [6.45, 7) is 3.67. The Morgan fingerprint density at radius 2 is 1.82 bits per heavy atom. The van der Waals surface area contributed by atoms with E-state index in [2.05, 4.69) is 4.74 Å². The third-order valence-corrected chi connectivity index (χ3v) is 4.27. The number of ether oxygens (including phenoxy) is 1. The molecule has 1 unspecified atom stereocenters. The summed E-state index contributed by atoms with van der Waals surface area (Å²) >= 11 is 0. The molecule has 6 nitrogen and oxygen atoms in total. The van der Waals surface area contributed by atoms with Crippen LogP contribution in [0.2, 0.25) is 0 Å². The summed E-state index contributed by atoms with van der Waals surface area (Å²) in [5.41, 5.74) is 4.88. The second kappa shape index (κ2) is 6.58. The maximum Gasteiger partial charge on any atom is 0.306 e. The van der Waals surface area contributed by atoms with E-state index >= 15 is 0 Å². The van der Waals surface area contributed by atoms with Crippen LogP contribution in [0.15, 0.2) is 0 Å². The predicted molar refractivity (Wildman–Crippen MR) is 62.9 cm³/mol. The topological polar surface area (TPSA) is 104 Å². The van der Waals surface area contributed by atoms with Gasteiger partial charge in [-0.25, -0.2) is 8.42 Å². The molecule has 0 aliphatic carbocycles. The molecule has 17 heavy (non-hydrogen) atoms. The molecule has 0 heterocycles. The zero-order valence-corrected chi connectivity index (χ0v) is 11.1. The van der Waals surface area contributed by atoms with E-state index < -0.39 is 32.7 Å². The molecule has 1 atom stereocenters. The van der Waals surface area contributed by atoms with Crippen LogP contribution in [-0.2, 0) is 24.2 Å². The van der Waals surface area contributed by atoms with E-state index in [4.69, 9.17) is 5.73 Å². The summed E-state index contributed by atoms with van der Waals surface area (Å²) in [6.07, 6.45) is 0.0506. The number of nitrogens with two attached hydrogens (primary N) is 1. The van der Waals surface area contributed by atoms with Crippen molar-refractivity contribution in [2.75, 3.05) is 12.9 Å². The smallest absolute Gasteiger partial charge is 0.306 e. The first-order valence-electron chi connectivity index (χ1n) is 5.25. The van der Waals surface area contributed by atoms with E-state index in [9.17, 15) is 18.0 Å². The van der Waals surface area contributed by atoms with Crippen molar-refractivity contribution in [2.45, 2.75) is 31.9 Å². The molecule has 0 rings (SSSR count). The molecule has 7 heteroatoms. The minimum atomic E-state index is -3.70. The van der Waals surface area contributed by atoms with Gasteiger partial charge in [-0.1, -0.05) is 13.8 Å². The highest BCUT2D eigenvalue weighted by molar-refractivity contribution is 7.92. The molecule has 0 aromatic rings. The Morgan fingerprint density at radius 1 is 1.29 bits per heavy atom. The van der Waals surface area contributed by atoms with E-state index in [-0.39, 0.29) is 12.3 Å². The number of amides is 1. The summed E-state index contributed by atoms with van der Waals surface area (Å²) in [5.74, 6) is -2.17. The number of sulfone groups is 1. The van der Waals surface area contributed by atoms with Crippen molar-refractivity contribution in [3.05, 3.63) is 0 Å². The zero-order chi connectivity index (χ0) is 13.6. The molecule has 0 bridgehead atoms. The van der Waals surface area contributed by atoms with Gasteiger partial charge in [0.15, 0.2) is 9.84 Å². The van der Waals surface area contributed by atoms with Crippen LogP contribution in [-0.4, -0.2) is 38.4 Å². The lowest BCUT2D eigenvalue weighted by Gasteiger charge is -2.17. The van der Waals surface area contributed by atoms with Gasteiger partial charge in [0.2, 0.25) is 5.91 Å². The van der Waals surface area contributed by atoms with Crippen molar-refractivity contribution in [3.63, 3.8) is 0 Å². The lowest BCUT2D eigenvalue weighted by molar-refractivity contribution is -0.140. The molecule has 0 aromatic carbocycles. The molecule has 0 aliphatic rings. The average molecular weight is 265 g/mol. The van der Waals surface area contributed by atoms with Crippen LogP contribution in [0.4, 0.5) is 0 Å². The van der Waals surface area contributed by atoms with E-state index in [0.717, 1.165) is 0 Å². The molecule has 1 amide bonds. The molecular weight excluding hydrogens is 246 g/mol. The molecule has 0 aromatic heterocycles. The summed E-state index contributed by atoms with van der Waals surface area (Å²) in [6, 6.07) is 0. The summed E-state index contributed by atoms with van der Waals surface area (Å²) < 4.78 is 28.1. The van der Waals surface area contributed by atoms with Gasteiger partial charge in [-0.3, -0.25) is 9.59 Å². The van der Waals surface area contributed by atoms with Gasteiger partial charge in [0.05, 0.1) is 18.8 Å². The van der Waals surface area contributed by atoms with E-state index in [0.29, 0.717) is 6.42 Å². The normalized spacial score (nSPS) is 13.4. The van der Waals surface area contributed by atoms with Crippen LogP contribution >= 0.6 is 0 Å². The van der Waals surface area contributed by atoms with Gasteiger partial charge in [0.1, 0.15) is 5.75 Å². The number of carbonyl (C=O) groups excluding carboxylic acids is 2. The quantitative estimate of drug-likeness (QED) is 0.645. The second-order valence-corrected chi connectivity index (χ2v) is 6.59. The molecule has 0 spiro atoms. The number of carbonyl (C=O) groups is 2. The highest BCUT2D eigenvalue weighted by Crippen LogP contribution is 2.17. The highest BCUT2D eigenvalue weighted by Gasteiger charge is 2.30. The van der Waals surface area contributed by atoms with Gasteiger partial charge in [-0.05, 0) is 12.3 Å². The van der Waals surface area contributed by atoms with Gasteiger partial charge >= 0.3 is 5.97 Å². The molecule has 100 valence electrons. The Hall–Kier alpha value is -1.11. The van der Waals surface area contributed by atoms with Crippen molar-refractivity contribution in [1.82, 2.24) is 0 Å². The number of rotatable bonds is 7. The third kappa shape index (κ3) is 6.25. The Bertz CT molecular complexity index is 374. The Morgan fingerprint density at radius 3 is 2.18 bits per heavy atom. The molecule has 0 saturated carbocycles. The number of hydrogen-bond acceptors (Lipinski definition) is 5. The maximum absolute atomic E-state index is 11.8. The lowest BCUT2D eigenvalue weighted by Crippen LogP contribution is -2.34. The van der Waals surface area contributed by atoms with Gasteiger partial charge in [0.25, 0.3) is 0 Å². The number of esters is 1. The standard InChI is InChI=1S/C10H19NO5S/c1-7(2)4-8(5-10(13)16-3)17(14,15)6-9(11)12/h7-8H,4-6H2,1-3H3,(H2,11,12). The number of primary amides is 1. The Kier molecular flexibility index (Phi) is 6.15. The number of methoxy groups -OCH3 is 1. The fourth-order valence-corrected chi connectivity index (χ4v) is 3.17. The van der Waals surface area contributed by atoms with Crippen LogP contribution in [0.25, 0.3) is 0 Å². The minimum absolute atomic E-state index is 0.0901. The Labute approximate surface area is 101 Å². The van der Waals surface area contributed by atoms with Crippen LogP contribution in [0.1, 0.15) is 26.7 Å². The fraction of sp³-hybridized carbons (Fsp3) is 0.800. The fourth-order valence-electron chi connectivity index (χ4n) is 1.47. The van der Waals surface area contributed by atoms with Gasteiger partial charge in [-0.15, -0.1) is 0 Å². The summed E-state index contributed by atoms with van der Waals surface area (Å²) in [7, 11) is -2.51. The van der Waals surface area contributed by atoms with Crippen molar-refractivity contribution >= 4 is 21.7 Å². The van der Waals surface area contributed by atoms with Gasteiger partial charge < -0.3 is 10.5 Å². The lowest BCUT2D eigenvalue weighted by atomic mass is 10.1. The largest absolute Gasteiger partial charge is 0.469 e. The van der Waals surface area contributed by atoms with Crippen molar-refractivity contribution in [2.24, 2.45) is 11.7 Å². The first-order chi connectivity index (χ1) is 7.69. The molecule has 0 saturated heterocycles. The van der Waals surface area contributed by atoms with Crippen LogP contribution in [0.5, 0.6) is 0 Å². The first kappa shape index (κ1) is 15.9. The summed E-state index contributed by atoms with van der Waals surface area (Å²) in [5, 5.41) is -0.914. The SMILES string of the molecule is COC(=O)CC(CC(C)C)S(=O)(=O)CC(N)=O. The monoisotopic (exact) mass is 265 g/mol. The zero-order valence-electron chi connectivity index (χ0n) is 10.3. The molecule has 0 aliphatic heterocycles. The number of hydrogen-bond donors (Lipinski definition) is 1. The minimum Gasteiger partial charge on any atom is -0.469 e. The van der Waals surface area contributed by atoms with E-state index in [1.54, 1.807) is 0 Å². The van der Waals surface area contributed by atoms with Gasteiger partial charge in [-0.2, -0.15) is 0 Å². The summed E-state index contributed by atoms with van der Waals surface area (Å²) in [4.78, 5) is 21.8. The second-order valence-electron chi connectivity index (χ2n) is 4.31. The Balaban J connectivity index is 4.90. The van der Waals surface area contributed by atoms with Gasteiger partial charge in [0, 0.05) is 0 Å². The van der Waals surface area contributed by atoms with Crippen molar-refractivity contribution in [1.29, 1.82) is 0 Å². The van der Waals surface area contributed by atoms with Crippen LogP contribution in [0.3, 0.4) is 0 Å². The predicted octanol–water partition coefficient (Wildman–Crippen LogP) is -0.136. The molecule has 0 fully saturated rings. The third-order valence-electron chi connectivity index (χ3n) is 2.21. The average Bonchev–Trinajstić information content (AvgIpc) is 2.13. The molecule has 0 radical (unpaired) electrons. The first-order valence-corrected chi connectivity index (χ1v) is 6.97. The van der Waals surface area contributed by atoms with E-state index in [1.165, 1.54) is 7.11 Å². The van der Waals surface area contributed by atoms with Crippen molar-refractivity contribution in [3.8, 4) is 0 Å². The van der Waals surface area contributed by atoms with Crippen LogP contribution in [0, 0.1) is 5.92 Å². The van der Waals surface area contributed by atoms with Crippen LogP contribution < -0.4 is 5.73 Å². The maximum atomic E-state index is 11.8. The highest BCUT2D eigenvalue weighted by atomic mass is 32.2. The van der Waals surface area contributed by atoms with E-state index in [1.807, 2.05) is 13.8 Å². The van der Waals surface area contributed by atoms with Crippen molar-refractivity contribution < 1.29 is 22.7 Å². The molecular formula is C10H19NO5S. The molecule has 2 N–H and O–H groups in total.